The van der Waals surface area contributed by atoms with E-state index in [2.05, 4.69) is 46.2 Å². The third-order valence-corrected chi connectivity index (χ3v) is 5.26. The van der Waals surface area contributed by atoms with Crippen molar-refractivity contribution in [1.82, 2.24) is 9.88 Å². The average Bonchev–Trinajstić information content (AvgIpc) is 2.99. The van der Waals surface area contributed by atoms with Crippen molar-refractivity contribution in [3.05, 3.63) is 36.4 Å². The summed E-state index contributed by atoms with van der Waals surface area (Å²) in [5.74, 6) is 1.15. The summed E-state index contributed by atoms with van der Waals surface area (Å²) in [5.41, 5.74) is 1.11. The Kier molecular flexibility index (Phi) is 3.98. The number of para-hydroxylation sites is 1. The Hall–Kier alpha value is -1.61. The minimum atomic E-state index is 0.799. The van der Waals surface area contributed by atoms with Gasteiger partial charge in [-0.3, -0.25) is 0 Å². The van der Waals surface area contributed by atoms with Crippen LogP contribution in [-0.2, 0) is 0 Å². The van der Waals surface area contributed by atoms with Crippen molar-refractivity contribution >= 4 is 16.7 Å². The fraction of sp³-hybridized carbons (Fsp3) is 0.526. The van der Waals surface area contributed by atoms with Gasteiger partial charge in [-0.15, -0.1) is 0 Å². The summed E-state index contributed by atoms with van der Waals surface area (Å²) in [5, 5.41) is 1.23. The second kappa shape index (κ2) is 6.25. The molecule has 2 saturated heterocycles. The van der Waals surface area contributed by atoms with Gasteiger partial charge in [0.05, 0.1) is 5.52 Å². The molecule has 2 aliphatic heterocycles. The van der Waals surface area contributed by atoms with Gasteiger partial charge < -0.3 is 9.80 Å². The summed E-state index contributed by atoms with van der Waals surface area (Å²) in [4.78, 5) is 10.1. The molecule has 1 atom stereocenters. The normalized spacial score (nSPS) is 23.8. The van der Waals surface area contributed by atoms with Crippen molar-refractivity contribution in [2.45, 2.75) is 38.1 Å². The predicted octanol–water partition coefficient (Wildman–Crippen LogP) is 3.69. The van der Waals surface area contributed by atoms with E-state index in [-0.39, 0.29) is 0 Å². The van der Waals surface area contributed by atoms with Gasteiger partial charge in [-0.2, -0.15) is 0 Å². The number of anilines is 1. The van der Waals surface area contributed by atoms with Crippen LogP contribution in [0.2, 0.25) is 0 Å². The lowest BCUT2D eigenvalue weighted by Gasteiger charge is -2.26. The molecule has 4 rings (SSSR count). The first-order valence-corrected chi connectivity index (χ1v) is 8.75. The molecule has 0 amide bonds. The van der Waals surface area contributed by atoms with Crippen molar-refractivity contribution in [3.63, 3.8) is 0 Å². The van der Waals surface area contributed by atoms with Crippen molar-refractivity contribution in [2.75, 3.05) is 31.1 Å². The van der Waals surface area contributed by atoms with E-state index in [1.165, 1.54) is 50.6 Å². The van der Waals surface area contributed by atoms with Crippen molar-refractivity contribution in [3.8, 4) is 0 Å². The zero-order valence-corrected chi connectivity index (χ0v) is 13.2. The molecule has 0 N–H and O–H groups in total. The van der Waals surface area contributed by atoms with Crippen LogP contribution in [0.4, 0.5) is 5.82 Å². The zero-order chi connectivity index (χ0) is 14.8. The van der Waals surface area contributed by atoms with Crippen molar-refractivity contribution in [1.29, 1.82) is 0 Å². The number of rotatable bonds is 2. The van der Waals surface area contributed by atoms with Crippen molar-refractivity contribution in [2.24, 2.45) is 0 Å². The number of nitrogens with zero attached hydrogens (tertiary/aromatic N) is 3. The van der Waals surface area contributed by atoms with Crippen LogP contribution in [0.15, 0.2) is 36.4 Å². The molecule has 3 heterocycles. The van der Waals surface area contributed by atoms with Crippen LogP contribution in [0.5, 0.6) is 0 Å². The molecular weight excluding hydrogens is 270 g/mol. The molecule has 1 aromatic carbocycles. The largest absolute Gasteiger partial charge is 0.357 e. The van der Waals surface area contributed by atoms with Crippen molar-refractivity contribution < 1.29 is 0 Å². The molecule has 2 aromatic rings. The molecule has 2 aliphatic rings. The molecule has 0 bridgehead atoms. The van der Waals surface area contributed by atoms with Gasteiger partial charge in [-0.1, -0.05) is 18.2 Å². The van der Waals surface area contributed by atoms with Crippen LogP contribution < -0.4 is 4.90 Å². The summed E-state index contributed by atoms with van der Waals surface area (Å²) in [6.45, 7) is 4.93. The van der Waals surface area contributed by atoms with Gasteiger partial charge in [-0.05, 0) is 63.4 Å². The van der Waals surface area contributed by atoms with Crippen LogP contribution in [0.3, 0.4) is 0 Å². The summed E-state index contributed by atoms with van der Waals surface area (Å²) >= 11 is 0. The standard InChI is InChI=1S/C19H25N3/c1-2-8-18-16(6-1)9-10-19(20-18)22-14-5-7-17(11-15-22)21-12-3-4-13-21/h1-2,6,8-10,17H,3-5,7,11-15H2. The summed E-state index contributed by atoms with van der Waals surface area (Å²) in [7, 11) is 0. The van der Waals surface area contributed by atoms with E-state index < -0.39 is 0 Å². The number of fused-ring (bicyclic) bond motifs is 1. The highest BCUT2D eigenvalue weighted by Crippen LogP contribution is 2.24. The maximum atomic E-state index is 4.88. The van der Waals surface area contributed by atoms with Crippen LogP contribution in [-0.4, -0.2) is 42.1 Å². The monoisotopic (exact) mass is 295 g/mol. The summed E-state index contributed by atoms with van der Waals surface area (Å²) < 4.78 is 0. The zero-order valence-electron chi connectivity index (χ0n) is 13.2. The molecule has 3 nitrogen and oxygen atoms in total. The number of hydrogen-bond acceptors (Lipinski definition) is 3. The molecule has 116 valence electrons. The van der Waals surface area contributed by atoms with Gasteiger partial charge in [0.2, 0.25) is 0 Å². The van der Waals surface area contributed by atoms with Crippen LogP contribution in [0, 0.1) is 0 Å². The molecule has 22 heavy (non-hydrogen) atoms. The molecule has 0 aliphatic carbocycles. The minimum Gasteiger partial charge on any atom is -0.357 e. The van der Waals surface area contributed by atoms with Crippen LogP contribution in [0.1, 0.15) is 32.1 Å². The molecule has 2 fully saturated rings. The molecule has 0 spiro atoms. The number of benzene rings is 1. The average molecular weight is 295 g/mol. The molecule has 1 aromatic heterocycles. The lowest BCUT2D eigenvalue weighted by Crippen LogP contribution is -2.34. The SMILES string of the molecule is c1ccc2nc(N3CCCC(N4CCCC4)CC3)ccc2c1. The van der Waals surface area contributed by atoms with Gasteiger partial charge in [0.1, 0.15) is 5.82 Å². The van der Waals surface area contributed by atoms with E-state index >= 15 is 0 Å². The van der Waals surface area contributed by atoms with E-state index in [1.54, 1.807) is 0 Å². The highest BCUT2D eigenvalue weighted by molar-refractivity contribution is 5.80. The summed E-state index contributed by atoms with van der Waals surface area (Å²) in [6, 6.07) is 13.6. The third kappa shape index (κ3) is 2.82. The van der Waals surface area contributed by atoms with E-state index in [4.69, 9.17) is 4.98 Å². The number of aromatic nitrogens is 1. The van der Waals surface area contributed by atoms with Gasteiger partial charge in [0.25, 0.3) is 0 Å². The van der Waals surface area contributed by atoms with Crippen LogP contribution >= 0.6 is 0 Å². The van der Waals surface area contributed by atoms with E-state index in [1.807, 2.05) is 0 Å². The first-order valence-electron chi connectivity index (χ1n) is 8.75. The topological polar surface area (TPSA) is 19.4 Å². The fourth-order valence-electron chi connectivity index (χ4n) is 4.01. The quantitative estimate of drug-likeness (QED) is 0.842. The second-order valence-corrected chi connectivity index (χ2v) is 6.68. The lowest BCUT2D eigenvalue weighted by molar-refractivity contribution is 0.225. The summed E-state index contributed by atoms with van der Waals surface area (Å²) in [6.07, 6.45) is 6.72. The highest BCUT2D eigenvalue weighted by Gasteiger charge is 2.25. The smallest absolute Gasteiger partial charge is 0.129 e. The first kappa shape index (κ1) is 14.0. The fourth-order valence-corrected chi connectivity index (χ4v) is 4.01. The second-order valence-electron chi connectivity index (χ2n) is 6.68. The lowest BCUT2D eigenvalue weighted by atomic mass is 10.1. The minimum absolute atomic E-state index is 0.799. The molecule has 3 heteroatoms. The number of likely N-dealkylation sites (tertiary alicyclic amines) is 1. The Bertz CT molecular complexity index is 633. The molecule has 0 saturated carbocycles. The highest BCUT2D eigenvalue weighted by atomic mass is 15.2. The number of hydrogen-bond donors (Lipinski definition) is 0. The Labute approximate surface area is 132 Å². The predicted molar refractivity (Wildman–Crippen MR) is 92.4 cm³/mol. The van der Waals surface area contributed by atoms with E-state index in [0.717, 1.165) is 30.5 Å². The third-order valence-electron chi connectivity index (χ3n) is 5.26. The Morgan fingerprint density at radius 1 is 0.818 bits per heavy atom. The molecule has 0 radical (unpaired) electrons. The van der Waals surface area contributed by atoms with E-state index in [9.17, 15) is 0 Å². The molecular formula is C19H25N3. The van der Waals surface area contributed by atoms with Gasteiger partial charge >= 0.3 is 0 Å². The Morgan fingerprint density at radius 2 is 1.68 bits per heavy atom. The maximum absolute atomic E-state index is 4.88. The van der Waals surface area contributed by atoms with E-state index in [0.29, 0.717) is 0 Å². The maximum Gasteiger partial charge on any atom is 0.129 e. The Morgan fingerprint density at radius 3 is 2.59 bits per heavy atom. The Balaban J connectivity index is 1.49. The van der Waals surface area contributed by atoms with Gasteiger partial charge in [0, 0.05) is 24.5 Å². The van der Waals surface area contributed by atoms with Gasteiger partial charge in [-0.25, -0.2) is 4.98 Å². The molecule has 1 unspecified atom stereocenters. The van der Waals surface area contributed by atoms with Crippen LogP contribution in [0.25, 0.3) is 10.9 Å². The van der Waals surface area contributed by atoms with Gasteiger partial charge in [0.15, 0.2) is 0 Å². The number of pyridine rings is 1. The first-order chi connectivity index (χ1) is 10.9.